The van der Waals surface area contributed by atoms with E-state index in [-0.39, 0.29) is 5.56 Å². The molecule has 1 aliphatic heterocycles. The number of carboxylic acids is 1. The fraction of sp³-hybridized carbons (Fsp3) is 0.364. The van der Waals surface area contributed by atoms with Crippen LogP contribution < -0.4 is 5.32 Å². The second kappa shape index (κ2) is 6.60. The number of halogens is 2. The highest BCUT2D eigenvalue weighted by atomic mass is 79.9. The summed E-state index contributed by atoms with van der Waals surface area (Å²) in [4.78, 5) is 10.3. The molecule has 0 atom stereocenters. The van der Waals surface area contributed by atoms with Crippen LogP contribution in [0.15, 0.2) is 22.7 Å². The molecule has 1 aliphatic rings. The fourth-order valence-corrected chi connectivity index (χ4v) is 1.62. The Morgan fingerprint density at radius 3 is 2.38 bits per heavy atom. The first-order valence-electron chi connectivity index (χ1n) is 5.00. The van der Waals surface area contributed by atoms with Crippen LogP contribution in [0, 0.1) is 5.82 Å². The van der Waals surface area contributed by atoms with Crippen molar-refractivity contribution >= 4 is 21.9 Å². The van der Waals surface area contributed by atoms with Gasteiger partial charge in [0.1, 0.15) is 5.82 Å². The predicted octanol–water partition coefficient (Wildman–Crippen LogP) is 2.66. The fourth-order valence-electron chi connectivity index (χ4n) is 1.29. The Hall–Kier alpha value is -0.940. The van der Waals surface area contributed by atoms with Gasteiger partial charge in [0, 0.05) is 4.47 Å². The van der Waals surface area contributed by atoms with Gasteiger partial charge in [-0.15, -0.1) is 0 Å². The molecular weight excluding hydrogens is 277 g/mol. The summed E-state index contributed by atoms with van der Waals surface area (Å²) in [5.41, 5.74) is -0.312. The summed E-state index contributed by atoms with van der Waals surface area (Å²) in [5.74, 6) is -1.98. The number of hydrogen-bond acceptors (Lipinski definition) is 2. The second-order valence-corrected chi connectivity index (χ2v) is 4.30. The predicted molar refractivity (Wildman–Crippen MR) is 63.2 cm³/mol. The summed E-state index contributed by atoms with van der Waals surface area (Å²) in [6, 6.07) is 3.80. The molecule has 88 valence electrons. The van der Waals surface area contributed by atoms with Gasteiger partial charge >= 0.3 is 5.97 Å². The molecule has 0 radical (unpaired) electrons. The van der Waals surface area contributed by atoms with E-state index in [4.69, 9.17) is 5.11 Å². The van der Waals surface area contributed by atoms with Gasteiger partial charge in [-0.1, -0.05) is 15.9 Å². The first-order valence-corrected chi connectivity index (χ1v) is 5.79. The van der Waals surface area contributed by atoms with E-state index in [9.17, 15) is 9.18 Å². The maximum atomic E-state index is 12.7. The van der Waals surface area contributed by atoms with E-state index in [1.165, 1.54) is 38.1 Å². The van der Waals surface area contributed by atoms with E-state index in [1.54, 1.807) is 0 Å². The zero-order valence-electron chi connectivity index (χ0n) is 8.67. The smallest absolute Gasteiger partial charge is 0.338 e. The Morgan fingerprint density at radius 2 is 2.00 bits per heavy atom. The molecule has 2 N–H and O–H groups in total. The highest BCUT2D eigenvalue weighted by Crippen LogP contribution is 2.14. The molecule has 2 rings (SSSR count). The summed E-state index contributed by atoms with van der Waals surface area (Å²) in [6.45, 7) is 2.50. The van der Waals surface area contributed by atoms with Gasteiger partial charge in [-0.2, -0.15) is 0 Å². The van der Waals surface area contributed by atoms with Crippen molar-refractivity contribution in [3.63, 3.8) is 0 Å². The zero-order chi connectivity index (χ0) is 12.0. The van der Waals surface area contributed by atoms with Crippen LogP contribution in [0.25, 0.3) is 0 Å². The quantitative estimate of drug-likeness (QED) is 0.836. The lowest BCUT2D eigenvalue weighted by Crippen LogP contribution is -2.03. The van der Waals surface area contributed by atoms with E-state index < -0.39 is 11.8 Å². The van der Waals surface area contributed by atoms with Crippen molar-refractivity contribution in [2.45, 2.75) is 12.8 Å². The first kappa shape index (κ1) is 13.1. The second-order valence-electron chi connectivity index (χ2n) is 3.39. The van der Waals surface area contributed by atoms with Gasteiger partial charge in [-0.05, 0) is 44.1 Å². The van der Waals surface area contributed by atoms with E-state index in [2.05, 4.69) is 21.2 Å². The zero-order valence-corrected chi connectivity index (χ0v) is 10.3. The third-order valence-electron chi connectivity index (χ3n) is 2.12. The number of hydrogen-bond donors (Lipinski definition) is 2. The van der Waals surface area contributed by atoms with Crippen LogP contribution in [0.5, 0.6) is 0 Å². The lowest BCUT2D eigenvalue weighted by molar-refractivity contribution is 0.0692. The molecule has 0 amide bonds. The molecule has 1 saturated heterocycles. The lowest BCUT2D eigenvalue weighted by atomic mass is 10.2. The number of benzene rings is 1. The number of carbonyl (C=O) groups is 1. The number of carboxylic acid groups (broad SMARTS) is 1. The van der Waals surface area contributed by atoms with Gasteiger partial charge in [0.2, 0.25) is 0 Å². The maximum Gasteiger partial charge on any atom is 0.338 e. The normalized spacial score (nSPS) is 14.1. The molecule has 1 aromatic rings. The number of rotatable bonds is 1. The molecule has 0 unspecified atom stereocenters. The standard InChI is InChI=1S/C7H4BrFO2.C4H9N/c8-4-1-2-5(7(10)11)6(9)3-4;1-2-4-5-3-1/h1-3H,(H,10,11);5H,1-4H2. The molecule has 1 aromatic carbocycles. The highest BCUT2D eigenvalue weighted by molar-refractivity contribution is 9.10. The van der Waals surface area contributed by atoms with Crippen molar-refractivity contribution in [2.75, 3.05) is 13.1 Å². The Bertz CT molecular complexity index is 359. The van der Waals surface area contributed by atoms with Crippen LogP contribution in [0.3, 0.4) is 0 Å². The average molecular weight is 290 g/mol. The molecule has 0 bridgehead atoms. The highest BCUT2D eigenvalue weighted by Gasteiger charge is 2.08. The third kappa shape index (κ3) is 4.28. The van der Waals surface area contributed by atoms with Crippen molar-refractivity contribution in [1.82, 2.24) is 5.32 Å². The number of aromatic carboxylic acids is 1. The first-order chi connectivity index (χ1) is 7.61. The molecule has 0 aliphatic carbocycles. The molecule has 5 heteroatoms. The molecule has 0 spiro atoms. The summed E-state index contributed by atoms with van der Waals surface area (Å²) in [6.07, 6.45) is 2.78. The van der Waals surface area contributed by atoms with Gasteiger partial charge < -0.3 is 10.4 Å². The summed E-state index contributed by atoms with van der Waals surface area (Å²) in [5, 5.41) is 11.6. The molecule has 1 fully saturated rings. The molecule has 3 nitrogen and oxygen atoms in total. The summed E-state index contributed by atoms with van der Waals surface area (Å²) >= 11 is 3.01. The van der Waals surface area contributed by atoms with Gasteiger partial charge in [-0.25, -0.2) is 9.18 Å². The minimum absolute atomic E-state index is 0.312. The van der Waals surface area contributed by atoms with Crippen molar-refractivity contribution in [3.8, 4) is 0 Å². The van der Waals surface area contributed by atoms with Gasteiger partial charge in [0.15, 0.2) is 0 Å². The SMILES string of the molecule is C1CCNC1.O=C(O)c1ccc(Br)cc1F. The average Bonchev–Trinajstić information content (AvgIpc) is 2.74. The van der Waals surface area contributed by atoms with Crippen LogP contribution in [-0.4, -0.2) is 24.2 Å². The van der Waals surface area contributed by atoms with E-state index in [1.807, 2.05) is 0 Å². The van der Waals surface area contributed by atoms with Gasteiger partial charge in [-0.3, -0.25) is 0 Å². The molecule has 16 heavy (non-hydrogen) atoms. The Labute approximate surface area is 102 Å². The summed E-state index contributed by atoms with van der Waals surface area (Å²) in [7, 11) is 0. The molecule has 0 aromatic heterocycles. The maximum absolute atomic E-state index is 12.7. The topological polar surface area (TPSA) is 49.3 Å². The van der Waals surface area contributed by atoms with E-state index in [0.29, 0.717) is 4.47 Å². The minimum atomic E-state index is -1.25. The minimum Gasteiger partial charge on any atom is -0.478 e. The van der Waals surface area contributed by atoms with Crippen LogP contribution in [0.2, 0.25) is 0 Å². The van der Waals surface area contributed by atoms with Crippen LogP contribution in [0.1, 0.15) is 23.2 Å². The van der Waals surface area contributed by atoms with Crippen molar-refractivity contribution < 1.29 is 14.3 Å². The van der Waals surface area contributed by atoms with E-state index in [0.717, 1.165) is 6.07 Å². The Kier molecular flexibility index (Phi) is 5.42. The molecule has 1 heterocycles. The van der Waals surface area contributed by atoms with Crippen molar-refractivity contribution in [3.05, 3.63) is 34.1 Å². The van der Waals surface area contributed by atoms with Crippen molar-refractivity contribution in [2.24, 2.45) is 0 Å². The van der Waals surface area contributed by atoms with Crippen LogP contribution >= 0.6 is 15.9 Å². The van der Waals surface area contributed by atoms with Crippen molar-refractivity contribution in [1.29, 1.82) is 0 Å². The van der Waals surface area contributed by atoms with Crippen LogP contribution in [0.4, 0.5) is 4.39 Å². The summed E-state index contributed by atoms with van der Waals surface area (Å²) < 4.78 is 13.2. The Balaban J connectivity index is 0.000000212. The molecule has 0 saturated carbocycles. The largest absolute Gasteiger partial charge is 0.478 e. The van der Waals surface area contributed by atoms with Gasteiger partial charge in [0.25, 0.3) is 0 Å². The number of nitrogens with one attached hydrogen (secondary N) is 1. The lowest BCUT2D eigenvalue weighted by Gasteiger charge is -1.95. The van der Waals surface area contributed by atoms with E-state index >= 15 is 0 Å². The Morgan fingerprint density at radius 1 is 1.38 bits per heavy atom. The van der Waals surface area contributed by atoms with Crippen LogP contribution in [-0.2, 0) is 0 Å². The third-order valence-corrected chi connectivity index (χ3v) is 2.61. The molecular formula is C11H13BrFNO2. The monoisotopic (exact) mass is 289 g/mol. The van der Waals surface area contributed by atoms with Gasteiger partial charge in [0.05, 0.1) is 5.56 Å².